The Hall–Kier alpha value is -3.03. The van der Waals surface area contributed by atoms with Crippen LogP contribution in [0.2, 0.25) is 5.02 Å². The van der Waals surface area contributed by atoms with Crippen molar-refractivity contribution in [1.29, 1.82) is 0 Å². The molecule has 0 unspecified atom stereocenters. The molecule has 1 saturated heterocycles. The van der Waals surface area contributed by atoms with Crippen LogP contribution in [0, 0.1) is 0 Å². The number of nitrogens with one attached hydrogen (secondary N) is 1. The molecular weight excluding hydrogens is 398 g/mol. The highest BCUT2D eigenvalue weighted by Gasteiger charge is 2.43. The maximum absolute atomic E-state index is 13.3. The lowest BCUT2D eigenvalue weighted by atomic mass is 10.0. The average Bonchev–Trinajstić information content (AvgIpc) is 3.10. The van der Waals surface area contributed by atoms with Crippen LogP contribution in [0.3, 0.4) is 0 Å². The van der Waals surface area contributed by atoms with Crippen LogP contribution in [0.15, 0.2) is 54.2 Å². The fraction of sp³-hybridized carbons (Fsp3) is 0.100. The first-order valence-corrected chi connectivity index (χ1v) is 9.23. The molecule has 0 aliphatic carbocycles. The standard InChI is InChI=1S/C20H14ClN3O3S/c1-11(25)24-17(18(26)22-20(24)28)16-13-7-3-5-9-15(13)23(19(16)27)10-12-6-2-4-8-14(12)21/h2-9H,10H2,1H3,(H,22,26,28). The third kappa shape index (κ3) is 2.80. The van der Waals surface area contributed by atoms with E-state index in [9.17, 15) is 14.4 Å². The first kappa shape index (κ1) is 18.3. The van der Waals surface area contributed by atoms with E-state index < -0.39 is 11.8 Å². The molecule has 8 heteroatoms. The summed E-state index contributed by atoms with van der Waals surface area (Å²) < 4.78 is 0. The van der Waals surface area contributed by atoms with E-state index in [2.05, 4.69) is 5.32 Å². The number of carbonyl (C=O) groups is 3. The van der Waals surface area contributed by atoms with Gasteiger partial charge in [0, 0.05) is 17.5 Å². The number of halogens is 1. The minimum Gasteiger partial charge on any atom is -0.303 e. The molecule has 2 aromatic rings. The molecular formula is C20H14ClN3O3S. The quantitative estimate of drug-likeness (QED) is 0.609. The molecule has 2 aliphatic heterocycles. The zero-order chi connectivity index (χ0) is 20.0. The molecule has 1 N–H and O–H groups in total. The maximum atomic E-state index is 13.3. The van der Waals surface area contributed by atoms with Crippen LogP contribution in [0.25, 0.3) is 5.57 Å². The molecule has 0 saturated carbocycles. The van der Waals surface area contributed by atoms with Crippen LogP contribution in [-0.2, 0) is 20.9 Å². The van der Waals surface area contributed by atoms with E-state index in [0.29, 0.717) is 16.3 Å². The highest BCUT2D eigenvalue weighted by Crippen LogP contribution is 2.41. The Morgan fingerprint density at radius 1 is 1.11 bits per heavy atom. The number of benzene rings is 2. The Balaban J connectivity index is 1.88. The lowest BCUT2D eigenvalue weighted by molar-refractivity contribution is -0.125. The van der Waals surface area contributed by atoms with Gasteiger partial charge < -0.3 is 4.90 Å². The monoisotopic (exact) mass is 411 g/mol. The van der Waals surface area contributed by atoms with Crippen molar-refractivity contribution in [3.8, 4) is 0 Å². The number of carbonyl (C=O) groups excluding carboxylic acids is 3. The van der Waals surface area contributed by atoms with Gasteiger partial charge in [-0.2, -0.15) is 0 Å². The van der Waals surface area contributed by atoms with Gasteiger partial charge in [0.25, 0.3) is 11.8 Å². The summed E-state index contributed by atoms with van der Waals surface area (Å²) in [5.74, 6) is -1.40. The highest BCUT2D eigenvalue weighted by molar-refractivity contribution is 7.80. The second-order valence-corrected chi connectivity index (χ2v) is 7.13. The Morgan fingerprint density at radius 3 is 2.50 bits per heavy atom. The van der Waals surface area contributed by atoms with E-state index >= 15 is 0 Å². The maximum Gasteiger partial charge on any atom is 0.275 e. The number of fused-ring (bicyclic) bond motifs is 1. The molecule has 6 nitrogen and oxygen atoms in total. The van der Waals surface area contributed by atoms with Crippen LogP contribution in [0.4, 0.5) is 5.69 Å². The molecule has 2 aliphatic rings. The van der Waals surface area contributed by atoms with E-state index in [-0.39, 0.29) is 28.8 Å². The summed E-state index contributed by atoms with van der Waals surface area (Å²) in [5.41, 5.74) is 2.09. The lowest BCUT2D eigenvalue weighted by Gasteiger charge is -2.18. The number of para-hydroxylation sites is 1. The third-order valence-corrected chi connectivity index (χ3v) is 5.28. The van der Waals surface area contributed by atoms with E-state index in [0.717, 1.165) is 10.5 Å². The molecule has 28 heavy (non-hydrogen) atoms. The van der Waals surface area contributed by atoms with Gasteiger partial charge in [-0.05, 0) is 29.9 Å². The number of hydrogen-bond acceptors (Lipinski definition) is 4. The van der Waals surface area contributed by atoms with Crippen molar-refractivity contribution in [2.24, 2.45) is 0 Å². The minimum absolute atomic E-state index is 0.0326. The predicted molar refractivity (Wildman–Crippen MR) is 109 cm³/mol. The van der Waals surface area contributed by atoms with Crippen molar-refractivity contribution in [2.45, 2.75) is 13.5 Å². The Labute approximate surface area is 171 Å². The van der Waals surface area contributed by atoms with Crippen molar-refractivity contribution in [2.75, 3.05) is 4.90 Å². The second-order valence-electron chi connectivity index (χ2n) is 6.34. The van der Waals surface area contributed by atoms with Crippen molar-refractivity contribution >= 4 is 57.9 Å². The first-order chi connectivity index (χ1) is 13.4. The minimum atomic E-state index is -0.571. The normalized spacial score (nSPS) is 18.6. The fourth-order valence-corrected chi connectivity index (χ4v) is 3.91. The van der Waals surface area contributed by atoms with Crippen LogP contribution in [-0.4, -0.2) is 27.7 Å². The van der Waals surface area contributed by atoms with Gasteiger partial charge in [-0.15, -0.1) is 0 Å². The summed E-state index contributed by atoms with van der Waals surface area (Å²) in [5, 5.41) is 2.96. The Kier molecular flexibility index (Phi) is 4.49. The lowest BCUT2D eigenvalue weighted by Crippen LogP contribution is -2.32. The van der Waals surface area contributed by atoms with Crippen LogP contribution in [0.5, 0.6) is 0 Å². The molecule has 2 heterocycles. The van der Waals surface area contributed by atoms with E-state index in [1.807, 2.05) is 18.2 Å². The summed E-state index contributed by atoms with van der Waals surface area (Å²) in [6.07, 6.45) is 0. The van der Waals surface area contributed by atoms with E-state index in [4.69, 9.17) is 23.8 Å². The van der Waals surface area contributed by atoms with E-state index in [1.165, 1.54) is 6.92 Å². The van der Waals surface area contributed by atoms with Crippen molar-refractivity contribution in [1.82, 2.24) is 10.2 Å². The van der Waals surface area contributed by atoms with Crippen molar-refractivity contribution in [3.63, 3.8) is 0 Å². The number of hydrogen-bond donors (Lipinski definition) is 1. The van der Waals surface area contributed by atoms with Gasteiger partial charge >= 0.3 is 0 Å². The summed E-state index contributed by atoms with van der Waals surface area (Å²) in [4.78, 5) is 40.6. The third-order valence-electron chi connectivity index (χ3n) is 4.62. The number of rotatable bonds is 2. The van der Waals surface area contributed by atoms with Gasteiger partial charge in [-0.3, -0.25) is 24.6 Å². The number of nitrogens with zero attached hydrogens (tertiary/aromatic N) is 2. The molecule has 2 aromatic carbocycles. The predicted octanol–water partition coefficient (Wildman–Crippen LogP) is 2.86. The molecule has 0 atom stereocenters. The highest BCUT2D eigenvalue weighted by atomic mass is 35.5. The van der Waals surface area contributed by atoms with Crippen LogP contribution >= 0.6 is 23.8 Å². The molecule has 4 rings (SSSR count). The Morgan fingerprint density at radius 2 is 1.79 bits per heavy atom. The fourth-order valence-electron chi connectivity index (χ4n) is 3.40. The molecule has 0 bridgehead atoms. The molecule has 0 aromatic heterocycles. The molecule has 3 amide bonds. The van der Waals surface area contributed by atoms with Gasteiger partial charge in [-0.1, -0.05) is 48.0 Å². The van der Waals surface area contributed by atoms with Gasteiger partial charge in [0.05, 0.1) is 17.8 Å². The molecule has 1 fully saturated rings. The largest absolute Gasteiger partial charge is 0.303 e. The summed E-state index contributed by atoms with van der Waals surface area (Å²) in [6.45, 7) is 1.53. The second kappa shape index (κ2) is 6.85. The zero-order valence-corrected chi connectivity index (χ0v) is 16.3. The number of thiocarbonyl (C=S) groups is 1. The van der Waals surface area contributed by atoms with Crippen molar-refractivity contribution in [3.05, 3.63) is 70.4 Å². The molecule has 140 valence electrons. The summed E-state index contributed by atoms with van der Waals surface area (Å²) >= 11 is 11.4. The number of amides is 3. The Bertz CT molecular complexity index is 1100. The topological polar surface area (TPSA) is 69.7 Å². The molecule has 0 radical (unpaired) electrons. The van der Waals surface area contributed by atoms with Crippen molar-refractivity contribution < 1.29 is 14.4 Å². The average molecular weight is 412 g/mol. The van der Waals surface area contributed by atoms with Gasteiger partial charge in [0.15, 0.2) is 5.11 Å². The number of anilines is 1. The summed E-state index contributed by atoms with van der Waals surface area (Å²) in [7, 11) is 0. The van der Waals surface area contributed by atoms with Gasteiger partial charge in [0.2, 0.25) is 5.91 Å². The van der Waals surface area contributed by atoms with Gasteiger partial charge in [-0.25, -0.2) is 0 Å². The van der Waals surface area contributed by atoms with Crippen LogP contribution < -0.4 is 10.2 Å². The first-order valence-electron chi connectivity index (χ1n) is 8.45. The van der Waals surface area contributed by atoms with E-state index in [1.54, 1.807) is 35.2 Å². The summed E-state index contributed by atoms with van der Waals surface area (Å²) in [6, 6.07) is 14.4. The van der Waals surface area contributed by atoms with Gasteiger partial charge in [0.1, 0.15) is 5.70 Å². The zero-order valence-electron chi connectivity index (χ0n) is 14.7. The smallest absolute Gasteiger partial charge is 0.275 e. The molecule has 0 spiro atoms. The SMILES string of the molecule is CC(=O)N1C(=S)NC(=O)C1=C1C(=O)N(Cc2ccccc2Cl)c2ccccc21. The van der Waals surface area contributed by atoms with Crippen LogP contribution in [0.1, 0.15) is 18.1 Å².